The number of urea groups is 1. The third-order valence-corrected chi connectivity index (χ3v) is 3.55. The van der Waals surface area contributed by atoms with Gasteiger partial charge in [0.1, 0.15) is 18.3 Å². The van der Waals surface area contributed by atoms with E-state index in [0.717, 1.165) is 4.90 Å². The van der Waals surface area contributed by atoms with Gasteiger partial charge in [-0.2, -0.15) is 0 Å². The van der Waals surface area contributed by atoms with Crippen LogP contribution in [0.5, 0.6) is 0 Å². The van der Waals surface area contributed by atoms with Crippen molar-refractivity contribution >= 4 is 19.8 Å². The van der Waals surface area contributed by atoms with Gasteiger partial charge in [-0.3, -0.25) is 9.46 Å². The summed E-state index contributed by atoms with van der Waals surface area (Å²) in [7, 11) is -5.00. The Labute approximate surface area is 175 Å². The summed E-state index contributed by atoms with van der Waals surface area (Å²) in [5.74, 6) is -0.600. The van der Waals surface area contributed by atoms with Gasteiger partial charge in [0.25, 0.3) is 7.82 Å². The SMILES string of the molecule is O=C1N=C([O-])CCN1[C@@H]1O[C@H](COP(=O)([O-])O)[C@@H](O)[C@H]1O.[Na+].[Na+]. The number of amides is 2. The molecule has 0 aliphatic carbocycles. The van der Waals surface area contributed by atoms with Crippen LogP contribution in [0.2, 0.25) is 0 Å². The first-order valence-electron chi connectivity index (χ1n) is 5.94. The Kier molecular flexibility index (Phi) is 9.97. The molecule has 2 aliphatic rings. The molecule has 120 valence electrons. The van der Waals surface area contributed by atoms with E-state index in [1.807, 2.05) is 0 Å². The average Bonchev–Trinajstić information content (AvgIpc) is 2.64. The van der Waals surface area contributed by atoms with E-state index in [9.17, 15) is 29.6 Å². The molecule has 2 aliphatic heterocycles. The Morgan fingerprint density at radius 2 is 2.00 bits per heavy atom. The third kappa shape index (κ3) is 6.30. The Balaban J connectivity index is 0.00000242. The van der Waals surface area contributed by atoms with Crippen molar-refractivity contribution in [1.29, 1.82) is 0 Å². The summed E-state index contributed by atoms with van der Waals surface area (Å²) in [6.07, 6.45) is -5.68. The van der Waals surface area contributed by atoms with Gasteiger partial charge in [0.05, 0.1) is 6.61 Å². The predicted octanol–water partition coefficient (Wildman–Crippen LogP) is -9.50. The van der Waals surface area contributed by atoms with E-state index in [1.54, 1.807) is 0 Å². The Bertz CT molecular complexity index is 501. The van der Waals surface area contributed by atoms with Crippen LogP contribution in [0.3, 0.4) is 0 Å². The van der Waals surface area contributed by atoms with Crippen LogP contribution >= 0.6 is 7.82 Å². The number of phosphoric ester groups is 1. The number of aliphatic imine (C=N–C) groups is 1. The molecule has 1 unspecified atom stereocenters. The van der Waals surface area contributed by atoms with Crippen molar-refractivity contribution in [3.05, 3.63) is 0 Å². The van der Waals surface area contributed by atoms with Gasteiger partial charge < -0.3 is 34.4 Å². The quantitative estimate of drug-likeness (QED) is 0.320. The number of rotatable bonds is 4. The normalized spacial score (nSPS) is 33.3. The van der Waals surface area contributed by atoms with Crippen LogP contribution in [0.4, 0.5) is 4.79 Å². The molecule has 1 fully saturated rings. The summed E-state index contributed by atoms with van der Waals surface area (Å²) >= 11 is 0. The number of ether oxygens (including phenoxy) is 1. The summed E-state index contributed by atoms with van der Waals surface area (Å²) in [4.78, 5) is 34.7. The average molecular weight is 370 g/mol. The number of carbonyl (C=O) groups excluding carboxylic acids is 1. The zero-order chi connectivity index (χ0) is 15.8. The molecule has 0 radical (unpaired) electrons. The van der Waals surface area contributed by atoms with Crippen LogP contribution < -0.4 is 69.1 Å². The van der Waals surface area contributed by atoms with Gasteiger partial charge in [-0.15, -0.1) is 0 Å². The summed E-state index contributed by atoms with van der Waals surface area (Å²) < 4.78 is 19.7. The minimum absolute atomic E-state index is 0. The van der Waals surface area contributed by atoms with Gasteiger partial charge >= 0.3 is 65.1 Å². The topological polar surface area (TPSA) is 175 Å². The van der Waals surface area contributed by atoms with E-state index >= 15 is 0 Å². The van der Waals surface area contributed by atoms with Crippen LogP contribution in [-0.4, -0.2) is 69.6 Å². The fourth-order valence-electron chi connectivity index (χ4n) is 2.07. The molecule has 0 aromatic rings. The first-order chi connectivity index (χ1) is 9.69. The number of hydrogen-bond acceptors (Lipinski definition) is 8. The number of phosphoric acid groups is 1. The van der Waals surface area contributed by atoms with Crippen molar-refractivity contribution in [2.75, 3.05) is 13.2 Å². The van der Waals surface area contributed by atoms with E-state index in [2.05, 4.69) is 9.52 Å². The van der Waals surface area contributed by atoms with Gasteiger partial charge in [0, 0.05) is 6.54 Å². The van der Waals surface area contributed by atoms with Crippen LogP contribution in [0, 0.1) is 0 Å². The Hall–Kier alpha value is 0.930. The minimum Gasteiger partial charge on any atom is -0.862 e. The van der Waals surface area contributed by atoms with Gasteiger partial charge in [-0.25, -0.2) is 9.79 Å². The molecule has 3 N–H and O–H groups in total. The summed E-state index contributed by atoms with van der Waals surface area (Å²) in [5, 5.41) is 30.5. The molecule has 0 aromatic carbocycles. The fraction of sp³-hybridized carbons (Fsp3) is 0.778. The Morgan fingerprint density at radius 1 is 1.39 bits per heavy atom. The van der Waals surface area contributed by atoms with Crippen molar-refractivity contribution in [1.82, 2.24) is 4.90 Å². The zero-order valence-electron chi connectivity index (χ0n) is 12.6. The predicted molar refractivity (Wildman–Crippen MR) is 60.6 cm³/mol. The molecule has 0 saturated carbocycles. The minimum atomic E-state index is -5.00. The van der Waals surface area contributed by atoms with Crippen molar-refractivity contribution in [2.45, 2.75) is 31.0 Å². The second kappa shape index (κ2) is 9.58. The maximum atomic E-state index is 11.6. The molecule has 23 heavy (non-hydrogen) atoms. The molecule has 14 heteroatoms. The van der Waals surface area contributed by atoms with Gasteiger partial charge in [0.15, 0.2) is 6.23 Å². The number of hydrogen-bond donors (Lipinski definition) is 3. The van der Waals surface area contributed by atoms with E-state index in [-0.39, 0.29) is 72.1 Å². The largest absolute Gasteiger partial charge is 1.00 e. The molecule has 2 amide bonds. The molecule has 5 atom stereocenters. The van der Waals surface area contributed by atoms with E-state index in [4.69, 9.17) is 9.63 Å². The molecule has 1 saturated heterocycles. The molecule has 2 rings (SSSR count). The van der Waals surface area contributed by atoms with E-state index < -0.39 is 50.9 Å². The van der Waals surface area contributed by atoms with E-state index in [0.29, 0.717) is 0 Å². The first-order valence-corrected chi connectivity index (χ1v) is 7.43. The standard InChI is InChI=1S/C9H15N2O9P.2Na/c12-5-1-2-11(9(15)10-5)8-7(14)6(13)4(20-8)3-19-21(16,17)18;;/h4,6-8,13-14H,1-3H2,(H,10,12,15)(H2,16,17,18);;/q;2*+1/p-2/t4-,6-,7-,8-;;/m1../s1. The molecular weight excluding hydrogens is 357 g/mol. The summed E-state index contributed by atoms with van der Waals surface area (Å²) in [6, 6.07) is -0.916. The number of aliphatic hydroxyl groups is 2. The van der Waals surface area contributed by atoms with Crippen LogP contribution in [0.15, 0.2) is 4.99 Å². The number of nitrogens with zero attached hydrogens (tertiary/aromatic N) is 2. The second-order valence-electron chi connectivity index (χ2n) is 4.54. The van der Waals surface area contributed by atoms with Crippen LogP contribution in [-0.2, 0) is 13.8 Å². The van der Waals surface area contributed by atoms with Gasteiger partial charge in [-0.1, -0.05) is 0 Å². The molecule has 2 heterocycles. The third-order valence-electron chi connectivity index (χ3n) is 3.08. The van der Waals surface area contributed by atoms with Gasteiger partial charge in [0.2, 0.25) is 0 Å². The maximum Gasteiger partial charge on any atom is 1.00 e. The van der Waals surface area contributed by atoms with Crippen molar-refractivity contribution in [3.63, 3.8) is 0 Å². The smallest absolute Gasteiger partial charge is 0.862 e. The molecule has 0 aromatic heterocycles. The van der Waals surface area contributed by atoms with Gasteiger partial charge in [-0.05, 0) is 12.3 Å². The summed E-state index contributed by atoms with van der Waals surface area (Å²) in [5.41, 5.74) is 0. The molecular formula is C9H13N2Na2O9P. The number of carbonyl (C=O) groups is 1. The molecule has 0 spiro atoms. The van der Waals surface area contributed by atoms with Crippen LogP contribution in [0.1, 0.15) is 6.42 Å². The molecule has 11 nitrogen and oxygen atoms in total. The summed E-state index contributed by atoms with van der Waals surface area (Å²) in [6.45, 7) is -0.784. The molecule has 0 bridgehead atoms. The van der Waals surface area contributed by atoms with Crippen LogP contribution in [0.25, 0.3) is 0 Å². The number of aliphatic hydroxyl groups excluding tert-OH is 2. The van der Waals surface area contributed by atoms with E-state index in [1.165, 1.54) is 0 Å². The fourth-order valence-corrected chi connectivity index (χ4v) is 2.40. The van der Waals surface area contributed by atoms with Crippen molar-refractivity contribution < 1.29 is 103 Å². The Morgan fingerprint density at radius 3 is 2.52 bits per heavy atom. The zero-order valence-corrected chi connectivity index (χ0v) is 17.5. The second-order valence-corrected chi connectivity index (χ2v) is 5.74. The van der Waals surface area contributed by atoms with Crippen molar-refractivity contribution in [3.8, 4) is 0 Å². The maximum absolute atomic E-state index is 11.6. The monoisotopic (exact) mass is 370 g/mol. The first kappa shape index (κ1) is 23.9. The van der Waals surface area contributed by atoms with Crippen molar-refractivity contribution in [2.24, 2.45) is 4.99 Å².